The van der Waals surface area contributed by atoms with Gasteiger partial charge in [0, 0.05) is 12.2 Å². The minimum absolute atomic E-state index is 0.00741. The molecule has 0 saturated heterocycles. The van der Waals surface area contributed by atoms with Crippen LogP contribution in [0.15, 0.2) is 103 Å². The molecule has 0 bridgehead atoms. The van der Waals surface area contributed by atoms with Gasteiger partial charge in [-0.2, -0.15) is 13.2 Å². The molecule has 11 heteroatoms. The maximum atomic E-state index is 14.2. The monoisotopic (exact) mass is 576 g/mol. The van der Waals surface area contributed by atoms with E-state index in [1.807, 2.05) is 0 Å². The van der Waals surface area contributed by atoms with Crippen LogP contribution in [0.25, 0.3) is 0 Å². The average Bonchev–Trinajstić information content (AvgIpc) is 3.31. The number of rotatable bonds is 8. The van der Waals surface area contributed by atoms with Crippen molar-refractivity contribution in [3.63, 3.8) is 0 Å². The van der Waals surface area contributed by atoms with Crippen LogP contribution in [0.3, 0.4) is 0 Å². The first-order chi connectivity index (χ1) is 20.1. The van der Waals surface area contributed by atoms with Gasteiger partial charge in [-0.25, -0.2) is 4.79 Å². The van der Waals surface area contributed by atoms with Crippen LogP contribution in [0.5, 0.6) is 5.75 Å². The molecule has 0 unspecified atom stereocenters. The number of amides is 4. The van der Waals surface area contributed by atoms with Gasteiger partial charge in [0.2, 0.25) is 0 Å². The van der Waals surface area contributed by atoms with Crippen LogP contribution in [-0.2, 0) is 15.8 Å². The Hall–Kier alpha value is -5.06. The lowest BCUT2D eigenvalue weighted by Crippen LogP contribution is -2.47. The number of carbonyl (C=O) groups is 3. The molecule has 42 heavy (non-hydrogen) atoms. The van der Waals surface area contributed by atoms with Crippen LogP contribution < -0.4 is 15.4 Å². The molecule has 0 radical (unpaired) electrons. The Morgan fingerprint density at radius 1 is 1.07 bits per heavy atom. The van der Waals surface area contributed by atoms with E-state index < -0.39 is 41.7 Å². The van der Waals surface area contributed by atoms with E-state index in [-0.39, 0.29) is 29.9 Å². The fourth-order valence-electron chi connectivity index (χ4n) is 5.28. The summed E-state index contributed by atoms with van der Waals surface area (Å²) in [5, 5.41) is 5.40. The smallest absolute Gasteiger partial charge is 0.416 e. The van der Waals surface area contributed by atoms with Crippen LogP contribution in [0.4, 0.5) is 23.7 Å². The third-order valence-corrected chi connectivity index (χ3v) is 7.17. The van der Waals surface area contributed by atoms with E-state index >= 15 is 0 Å². The Balaban J connectivity index is 1.57. The molecular weight excluding hydrogens is 549 g/mol. The van der Waals surface area contributed by atoms with Crippen molar-refractivity contribution in [1.29, 1.82) is 0 Å². The van der Waals surface area contributed by atoms with Gasteiger partial charge in [0.25, 0.3) is 11.8 Å². The van der Waals surface area contributed by atoms with Crippen molar-refractivity contribution < 1.29 is 32.3 Å². The Morgan fingerprint density at radius 2 is 1.74 bits per heavy atom. The zero-order valence-electron chi connectivity index (χ0n) is 22.5. The lowest BCUT2D eigenvalue weighted by Gasteiger charge is -2.33. The highest BCUT2D eigenvalue weighted by atomic mass is 19.4. The number of benzene rings is 3. The number of anilines is 1. The van der Waals surface area contributed by atoms with Crippen molar-refractivity contribution in [2.75, 3.05) is 25.5 Å². The highest BCUT2D eigenvalue weighted by molar-refractivity contribution is 6.05. The van der Waals surface area contributed by atoms with E-state index in [2.05, 4.69) is 17.2 Å². The second-order valence-corrected chi connectivity index (χ2v) is 9.69. The van der Waals surface area contributed by atoms with Crippen LogP contribution in [-0.4, -0.2) is 47.8 Å². The van der Waals surface area contributed by atoms with E-state index in [1.165, 1.54) is 41.2 Å². The summed E-state index contributed by atoms with van der Waals surface area (Å²) < 4.78 is 47.2. The molecule has 2 aliphatic rings. The minimum atomic E-state index is -4.73. The van der Waals surface area contributed by atoms with E-state index in [0.29, 0.717) is 17.0 Å². The predicted octanol–water partition coefficient (Wildman–Crippen LogP) is 5.44. The summed E-state index contributed by atoms with van der Waals surface area (Å²) in [4.78, 5) is 43.7. The molecule has 3 aromatic carbocycles. The molecule has 2 heterocycles. The number of halogens is 3. The summed E-state index contributed by atoms with van der Waals surface area (Å²) in [6.07, 6.45) is -3.28. The first-order valence-corrected chi connectivity index (χ1v) is 13.0. The predicted molar refractivity (Wildman–Crippen MR) is 149 cm³/mol. The molecular formula is C31H27F3N4O4. The third-order valence-electron chi connectivity index (χ3n) is 7.17. The molecule has 8 nitrogen and oxygen atoms in total. The maximum Gasteiger partial charge on any atom is 0.416 e. The quantitative estimate of drug-likeness (QED) is 0.350. The first-order valence-electron chi connectivity index (χ1n) is 13.0. The van der Waals surface area contributed by atoms with Crippen LogP contribution in [0.1, 0.15) is 28.8 Å². The van der Waals surface area contributed by atoms with Crippen molar-refractivity contribution in [1.82, 2.24) is 15.1 Å². The molecule has 0 aliphatic carbocycles. The van der Waals surface area contributed by atoms with Crippen LogP contribution in [0.2, 0.25) is 0 Å². The highest BCUT2D eigenvalue weighted by Crippen LogP contribution is 2.43. The second kappa shape index (κ2) is 11.4. The van der Waals surface area contributed by atoms with Gasteiger partial charge in [-0.3, -0.25) is 14.5 Å². The molecule has 5 rings (SSSR count). The topological polar surface area (TPSA) is 91.0 Å². The van der Waals surface area contributed by atoms with Gasteiger partial charge in [-0.1, -0.05) is 54.6 Å². The molecule has 0 aromatic heterocycles. The molecule has 3 aromatic rings. The number of alkyl halides is 3. The zero-order valence-corrected chi connectivity index (χ0v) is 22.5. The molecule has 2 atom stereocenters. The van der Waals surface area contributed by atoms with Crippen LogP contribution in [0, 0.1) is 0 Å². The summed E-state index contributed by atoms with van der Waals surface area (Å²) in [6, 6.07) is 16.8. The van der Waals surface area contributed by atoms with Gasteiger partial charge in [0.05, 0.1) is 36.5 Å². The molecule has 2 N–H and O–H groups in total. The summed E-state index contributed by atoms with van der Waals surface area (Å²) in [5.74, 6) is -0.620. The highest BCUT2D eigenvalue weighted by Gasteiger charge is 2.49. The number of nitrogens with one attached hydrogen (secondary N) is 2. The van der Waals surface area contributed by atoms with E-state index in [1.54, 1.807) is 54.6 Å². The maximum absolute atomic E-state index is 14.2. The number of carbonyl (C=O) groups excluding carboxylic acids is 3. The lowest BCUT2D eigenvalue weighted by molar-refractivity contribution is -0.138. The van der Waals surface area contributed by atoms with E-state index in [9.17, 15) is 27.6 Å². The van der Waals surface area contributed by atoms with Crippen molar-refractivity contribution >= 4 is 23.5 Å². The SMILES string of the molecule is C=CCN1C(=O)N[C@@H](c2ccccc2C(F)(F)F)C2=C1CN([C@H](C(=O)Nc1ccc(OC)cc1)c1ccccc1)C2=O. The number of nitrogens with zero attached hydrogens (tertiary/aromatic N) is 2. The Bertz CT molecular complexity index is 1550. The molecule has 4 amide bonds. The van der Waals surface area contributed by atoms with Gasteiger partial charge < -0.3 is 20.3 Å². The number of hydrogen-bond acceptors (Lipinski definition) is 4. The Labute approximate surface area is 240 Å². The largest absolute Gasteiger partial charge is 0.497 e. The van der Waals surface area contributed by atoms with Gasteiger partial charge in [0.15, 0.2) is 0 Å². The fourth-order valence-corrected chi connectivity index (χ4v) is 5.28. The second-order valence-electron chi connectivity index (χ2n) is 9.69. The number of urea groups is 1. The standard InChI is InChI=1S/C31H27F3N4O4/c1-3-17-37-24-18-38(27(19-9-5-4-6-10-19)28(39)35-20-13-15-21(42-2)16-14-20)29(40)25(24)26(36-30(37)41)22-11-7-8-12-23(22)31(32,33)34/h3-16,26-27H,1,17-18H2,2H3,(H,35,39)(H,36,41)/t26-,27-/m0/s1. The summed E-state index contributed by atoms with van der Waals surface area (Å²) in [7, 11) is 1.52. The molecule has 2 aliphatic heterocycles. The number of methoxy groups -OCH3 is 1. The van der Waals surface area contributed by atoms with Crippen molar-refractivity contribution in [3.05, 3.63) is 119 Å². The zero-order chi connectivity index (χ0) is 30.0. The summed E-state index contributed by atoms with van der Waals surface area (Å²) in [5.41, 5.74) is -0.123. The summed E-state index contributed by atoms with van der Waals surface area (Å²) >= 11 is 0. The first kappa shape index (κ1) is 28.5. The Morgan fingerprint density at radius 3 is 2.38 bits per heavy atom. The Kier molecular flexibility index (Phi) is 7.75. The molecule has 0 saturated carbocycles. The average molecular weight is 577 g/mol. The van der Waals surface area contributed by atoms with E-state index in [0.717, 1.165) is 6.07 Å². The molecule has 0 fully saturated rings. The normalized spacial score (nSPS) is 17.5. The number of hydrogen-bond donors (Lipinski definition) is 2. The van der Waals surface area contributed by atoms with Crippen molar-refractivity contribution in [2.45, 2.75) is 18.3 Å². The summed E-state index contributed by atoms with van der Waals surface area (Å²) in [6.45, 7) is 3.49. The van der Waals surface area contributed by atoms with Crippen molar-refractivity contribution in [2.24, 2.45) is 0 Å². The number of ether oxygens (including phenoxy) is 1. The van der Waals surface area contributed by atoms with Crippen LogP contribution >= 0.6 is 0 Å². The van der Waals surface area contributed by atoms with E-state index in [4.69, 9.17) is 4.74 Å². The van der Waals surface area contributed by atoms with Gasteiger partial charge in [-0.15, -0.1) is 6.58 Å². The van der Waals surface area contributed by atoms with Gasteiger partial charge >= 0.3 is 12.2 Å². The van der Waals surface area contributed by atoms with Crippen molar-refractivity contribution in [3.8, 4) is 5.75 Å². The molecule has 216 valence electrons. The minimum Gasteiger partial charge on any atom is -0.497 e. The third kappa shape index (κ3) is 5.32. The fraction of sp³-hybridized carbons (Fsp3) is 0.194. The lowest BCUT2D eigenvalue weighted by atomic mass is 9.91. The molecule has 0 spiro atoms. The van der Waals surface area contributed by atoms with Gasteiger partial charge in [-0.05, 0) is 41.5 Å². The van der Waals surface area contributed by atoms with Gasteiger partial charge in [0.1, 0.15) is 11.8 Å².